The highest BCUT2D eigenvalue weighted by molar-refractivity contribution is 6.04. The maximum atomic E-state index is 5.99. The summed E-state index contributed by atoms with van der Waals surface area (Å²) in [5, 5.41) is 4.69. The van der Waals surface area contributed by atoms with Gasteiger partial charge in [-0.2, -0.15) is 0 Å². The van der Waals surface area contributed by atoms with Crippen LogP contribution in [0, 0.1) is 0 Å². The number of hydrogen-bond acceptors (Lipinski definition) is 4. The molecule has 7 rings (SSSR count). The molecule has 0 aliphatic carbocycles. The minimum absolute atomic E-state index is 0.260. The highest BCUT2D eigenvalue weighted by atomic mass is 16.5. The first kappa shape index (κ1) is 29.7. The molecule has 1 heterocycles. The lowest BCUT2D eigenvalue weighted by Crippen LogP contribution is -2.36. The van der Waals surface area contributed by atoms with Gasteiger partial charge in [0.25, 0.3) is 0 Å². The second-order valence-electron chi connectivity index (χ2n) is 12.5. The van der Waals surface area contributed by atoms with E-state index >= 15 is 0 Å². The van der Waals surface area contributed by atoms with E-state index in [1.54, 1.807) is 0 Å². The number of nitrogens with zero attached hydrogens (tertiary/aromatic N) is 2. The Bertz CT molecular complexity index is 1910. The number of anilines is 4. The monoisotopic (exact) mass is 606 g/mol. The van der Waals surface area contributed by atoms with Crippen LogP contribution >= 0.6 is 0 Å². The van der Waals surface area contributed by atoms with Crippen LogP contribution in [0.25, 0.3) is 43.8 Å². The van der Waals surface area contributed by atoms with Gasteiger partial charge in [0, 0.05) is 22.9 Å². The van der Waals surface area contributed by atoms with E-state index in [0.29, 0.717) is 13.2 Å². The Kier molecular flexibility index (Phi) is 7.82. The van der Waals surface area contributed by atoms with Crippen LogP contribution in [0.15, 0.2) is 109 Å². The molecule has 6 aromatic carbocycles. The summed E-state index contributed by atoms with van der Waals surface area (Å²) in [4.78, 5) is 5.01. The third kappa shape index (κ3) is 4.93. The molecule has 0 unspecified atom stereocenters. The van der Waals surface area contributed by atoms with Crippen molar-refractivity contribution in [2.75, 3.05) is 23.0 Å². The van der Waals surface area contributed by atoms with Gasteiger partial charge in [0.05, 0.1) is 36.0 Å². The molecule has 0 fully saturated rings. The van der Waals surface area contributed by atoms with Gasteiger partial charge >= 0.3 is 0 Å². The SMILES string of the molecule is CCOc1ccc(-c2ccc3c(c2)N(C(C)C)c2ccc(-c4ccc(OCC)c5ccccc45)cc2N3C(C)C)c2ccccc12. The zero-order chi connectivity index (χ0) is 31.9. The smallest absolute Gasteiger partial charge is 0.127 e. The van der Waals surface area contributed by atoms with Crippen molar-refractivity contribution >= 4 is 44.3 Å². The quantitative estimate of drug-likeness (QED) is 0.172. The first-order chi connectivity index (χ1) is 22.4. The molecular weight excluding hydrogens is 564 g/mol. The van der Waals surface area contributed by atoms with Gasteiger partial charge in [-0.15, -0.1) is 0 Å². The minimum Gasteiger partial charge on any atom is -0.493 e. The van der Waals surface area contributed by atoms with Crippen molar-refractivity contribution in [1.82, 2.24) is 0 Å². The molecule has 4 nitrogen and oxygen atoms in total. The molecule has 0 amide bonds. The predicted octanol–water partition coefficient (Wildman–Crippen LogP) is 11.5. The van der Waals surface area contributed by atoms with Crippen molar-refractivity contribution in [1.29, 1.82) is 0 Å². The topological polar surface area (TPSA) is 24.9 Å². The third-order valence-corrected chi connectivity index (χ3v) is 9.01. The normalized spacial score (nSPS) is 12.6. The molecule has 1 aliphatic heterocycles. The summed E-state index contributed by atoms with van der Waals surface area (Å²) in [5.74, 6) is 1.86. The van der Waals surface area contributed by atoms with E-state index in [1.807, 2.05) is 13.8 Å². The van der Waals surface area contributed by atoms with E-state index in [-0.39, 0.29) is 12.1 Å². The molecule has 0 spiro atoms. The maximum Gasteiger partial charge on any atom is 0.127 e. The summed E-state index contributed by atoms with van der Waals surface area (Å²) in [7, 11) is 0. The minimum atomic E-state index is 0.260. The van der Waals surface area contributed by atoms with Gasteiger partial charge in [0.2, 0.25) is 0 Å². The standard InChI is InChI=1S/C42H42N2O2/c1-7-45-41-23-19-31(33-13-9-11-15-35(33)41)29-17-21-37-39(25-29)43(27(3)4)38-22-18-30(26-40(38)44(37)28(5)6)32-20-24-42(46-8-2)36-16-12-10-14-34(32)36/h9-28H,7-8H2,1-6H3. The summed E-state index contributed by atoms with van der Waals surface area (Å²) in [5.41, 5.74) is 9.74. The number of ether oxygens (including phenoxy) is 2. The zero-order valence-electron chi connectivity index (χ0n) is 27.7. The van der Waals surface area contributed by atoms with Gasteiger partial charge in [-0.05, 0) is 111 Å². The molecule has 0 bridgehead atoms. The summed E-state index contributed by atoms with van der Waals surface area (Å²) in [6, 6.07) is 40.2. The van der Waals surface area contributed by atoms with Gasteiger partial charge in [-0.1, -0.05) is 72.8 Å². The fraction of sp³-hybridized carbons (Fsp3) is 0.238. The number of rotatable bonds is 8. The van der Waals surface area contributed by atoms with Crippen molar-refractivity contribution in [2.24, 2.45) is 0 Å². The Labute approximate surface area is 272 Å². The lowest BCUT2D eigenvalue weighted by molar-refractivity contribution is 0.344. The third-order valence-electron chi connectivity index (χ3n) is 9.01. The van der Waals surface area contributed by atoms with Crippen LogP contribution in [0.1, 0.15) is 41.5 Å². The van der Waals surface area contributed by atoms with Crippen LogP contribution in [0.4, 0.5) is 22.7 Å². The van der Waals surface area contributed by atoms with Crippen molar-refractivity contribution in [3.63, 3.8) is 0 Å². The first-order valence-corrected chi connectivity index (χ1v) is 16.6. The molecule has 46 heavy (non-hydrogen) atoms. The van der Waals surface area contributed by atoms with E-state index in [4.69, 9.17) is 9.47 Å². The molecule has 0 aromatic heterocycles. The van der Waals surface area contributed by atoms with Crippen molar-refractivity contribution in [2.45, 2.75) is 53.6 Å². The number of benzene rings is 6. The van der Waals surface area contributed by atoms with E-state index in [0.717, 1.165) is 22.3 Å². The highest BCUT2D eigenvalue weighted by Gasteiger charge is 2.32. The van der Waals surface area contributed by atoms with Gasteiger partial charge in [0.1, 0.15) is 11.5 Å². The van der Waals surface area contributed by atoms with Crippen LogP contribution in [0.3, 0.4) is 0 Å². The largest absolute Gasteiger partial charge is 0.493 e. The fourth-order valence-corrected chi connectivity index (χ4v) is 7.16. The molecule has 0 N–H and O–H groups in total. The Morgan fingerprint density at radius 1 is 0.457 bits per heavy atom. The highest BCUT2D eigenvalue weighted by Crippen LogP contribution is 2.52. The lowest BCUT2D eigenvalue weighted by Gasteiger charge is -2.44. The predicted molar refractivity (Wildman–Crippen MR) is 196 cm³/mol. The van der Waals surface area contributed by atoms with E-state index < -0.39 is 0 Å². The fourth-order valence-electron chi connectivity index (χ4n) is 7.16. The van der Waals surface area contributed by atoms with Crippen LogP contribution in [0.5, 0.6) is 11.5 Å². The summed E-state index contributed by atoms with van der Waals surface area (Å²) < 4.78 is 12.0. The van der Waals surface area contributed by atoms with Gasteiger partial charge in [0.15, 0.2) is 0 Å². The summed E-state index contributed by atoms with van der Waals surface area (Å²) in [6.45, 7) is 14.5. The molecule has 0 saturated carbocycles. The Morgan fingerprint density at radius 2 is 0.848 bits per heavy atom. The van der Waals surface area contributed by atoms with Crippen LogP contribution in [0.2, 0.25) is 0 Å². The van der Waals surface area contributed by atoms with Crippen LogP contribution in [-0.4, -0.2) is 25.3 Å². The lowest BCUT2D eigenvalue weighted by atomic mass is 9.93. The van der Waals surface area contributed by atoms with E-state index in [2.05, 4.69) is 147 Å². The van der Waals surface area contributed by atoms with Crippen molar-refractivity contribution in [3.8, 4) is 33.8 Å². The second kappa shape index (κ2) is 12.1. The zero-order valence-corrected chi connectivity index (χ0v) is 27.7. The van der Waals surface area contributed by atoms with Crippen molar-refractivity contribution < 1.29 is 9.47 Å². The molecule has 6 aromatic rings. The van der Waals surface area contributed by atoms with Gasteiger partial charge in [-0.3, -0.25) is 0 Å². The molecule has 4 heteroatoms. The Morgan fingerprint density at radius 3 is 1.22 bits per heavy atom. The van der Waals surface area contributed by atoms with E-state index in [1.165, 1.54) is 55.8 Å². The molecule has 0 atom stereocenters. The molecule has 0 radical (unpaired) electrons. The summed E-state index contributed by atoms with van der Waals surface area (Å²) in [6.07, 6.45) is 0. The van der Waals surface area contributed by atoms with E-state index in [9.17, 15) is 0 Å². The number of hydrogen-bond donors (Lipinski definition) is 0. The van der Waals surface area contributed by atoms with Crippen molar-refractivity contribution in [3.05, 3.63) is 109 Å². The van der Waals surface area contributed by atoms with Gasteiger partial charge < -0.3 is 19.3 Å². The number of fused-ring (bicyclic) bond motifs is 4. The van der Waals surface area contributed by atoms with Gasteiger partial charge in [-0.25, -0.2) is 0 Å². The molecule has 232 valence electrons. The summed E-state index contributed by atoms with van der Waals surface area (Å²) >= 11 is 0. The van der Waals surface area contributed by atoms with Crippen LogP contribution in [-0.2, 0) is 0 Å². The maximum absolute atomic E-state index is 5.99. The Hall–Kier alpha value is -4.96. The molecule has 0 saturated heterocycles. The molecular formula is C42H42N2O2. The first-order valence-electron chi connectivity index (χ1n) is 16.6. The average molecular weight is 607 g/mol. The van der Waals surface area contributed by atoms with Crippen LogP contribution < -0.4 is 19.3 Å². The second-order valence-corrected chi connectivity index (χ2v) is 12.5. The Balaban J connectivity index is 1.38. The average Bonchev–Trinajstić information content (AvgIpc) is 3.07. The molecule has 1 aliphatic rings.